The molecular formula is C7H14ClN2O2S-. The minimum atomic E-state index is -1.91. The van der Waals surface area contributed by atoms with Gasteiger partial charge in [0, 0.05) is 26.2 Å². The van der Waals surface area contributed by atoms with Crippen molar-refractivity contribution in [3.8, 4) is 0 Å². The molecule has 2 rings (SSSR count). The largest absolute Gasteiger partial charge is 0.771 e. The lowest BCUT2D eigenvalue weighted by atomic mass is 10.3. The summed E-state index contributed by atoms with van der Waals surface area (Å²) in [5, 5.41) is 3.21. The highest BCUT2D eigenvalue weighted by molar-refractivity contribution is 7.80. The minimum Gasteiger partial charge on any atom is -0.771 e. The molecule has 0 aromatic carbocycles. The molecule has 4 nitrogen and oxygen atoms in total. The molecule has 6 heteroatoms. The molecule has 0 spiro atoms. The maximum Gasteiger partial charge on any atom is 0.0840 e. The Morgan fingerprint density at radius 1 is 1.31 bits per heavy atom. The Labute approximate surface area is 86.8 Å². The Morgan fingerprint density at radius 2 is 1.85 bits per heavy atom. The Balaban J connectivity index is 0.000000845. The molecule has 0 radical (unpaired) electrons. The minimum absolute atomic E-state index is 0. The smallest absolute Gasteiger partial charge is 0.0840 e. The molecule has 1 atom stereocenters. The first kappa shape index (κ1) is 11.4. The molecule has 0 aromatic rings. The first-order chi connectivity index (χ1) is 5.76. The zero-order valence-corrected chi connectivity index (χ0v) is 8.96. The summed E-state index contributed by atoms with van der Waals surface area (Å²) in [5.41, 5.74) is 0. The second-order valence-electron chi connectivity index (χ2n) is 3.42. The van der Waals surface area contributed by atoms with Crippen molar-refractivity contribution in [2.24, 2.45) is 0 Å². The van der Waals surface area contributed by atoms with Crippen molar-refractivity contribution in [3.63, 3.8) is 0 Å². The molecule has 0 amide bonds. The highest BCUT2D eigenvalue weighted by atomic mass is 35.5. The van der Waals surface area contributed by atoms with E-state index in [0.29, 0.717) is 0 Å². The quantitative estimate of drug-likeness (QED) is 0.655. The molecule has 2 aliphatic rings. The third-order valence-corrected chi connectivity index (χ3v) is 3.97. The Hall–Kier alpha value is 0.320. The van der Waals surface area contributed by atoms with Crippen LogP contribution in [-0.2, 0) is 11.1 Å². The highest BCUT2D eigenvalue weighted by Crippen LogP contribution is 2.43. The van der Waals surface area contributed by atoms with Gasteiger partial charge in [0.15, 0.2) is 0 Å². The SMILES string of the molecule is Cl.O=S([O-])C1(N2CCNCC2)CC1. The molecule has 1 N–H and O–H groups in total. The van der Waals surface area contributed by atoms with Gasteiger partial charge in [-0.05, 0) is 23.9 Å². The van der Waals surface area contributed by atoms with Crippen molar-refractivity contribution in [2.45, 2.75) is 17.7 Å². The van der Waals surface area contributed by atoms with Crippen LogP contribution in [0.4, 0.5) is 0 Å². The second kappa shape index (κ2) is 4.23. The summed E-state index contributed by atoms with van der Waals surface area (Å²) in [6.45, 7) is 3.57. The van der Waals surface area contributed by atoms with Crippen LogP contribution in [0.2, 0.25) is 0 Å². The number of rotatable bonds is 2. The number of piperazine rings is 1. The lowest BCUT2D eigenvalue weighted by Crippen LogP contribution is -2.51. The van der Waals surface area contributed by atoms with Gasteiger partial charge in [0.2, 0.25) is 0 Å². The highest BCUT2D eigenvalue weighted by Gasteiger charge is 2.49. The Morgan fingerprint density at radius 3 is 2.23 bits per heavy atom. The summed E-state index contributed by atoms with van der Waals surface area (Å²) in [5.74, 6) is 0. The predicted molar refractivity (Wildman–Crippen MR) is 52.6 cm³/mol. The van der Waals surface area contributed by atoms with Crippen LogP contribution in [0.5, 0.6) is 0 Å². The van der Waals surface area contributed by atoms with E-state index in [1.165, 1.54) is 0 Å². The lowest BCUT2D eigenvalue weighted by molar-refractivity contribution is 0.202. The van der Waals surface area contributed by atoms with Crippen LogP contribution in [0.25, 0.3) is 0 Å². The van der Waals surface area contributed by atoms with E-state index in [2.05, 4.69) is 10.2 Å². The normalized spacial score (nSPS) is 29.0. The molecule has 1 saturated carbocycles. The van der Waals surface area contributed by atoms with Crippen LogP contribution in [0.1, 0.15) is 12.8 Å². The first-order valence-electron chi connectivity index (χ1n) is 4.31. The van der Waals surface area contributed by atoms with Crippen molar-refractivity contribution in [3.05, 3.63) is 0 Å². The van der Waals surface area contributed by atoms with Crippen LogP contribution in [0, 0.1) is 0 Å². The number of hydrogen-bond acceptors (Lipinski definition) is 4. The van der Waals surface area contributed by atoms with Crippen molar-refractivity contribution >= 4 is 23.5 Å². The fraction of sp³-hybridized carbons (Fsp3) is 1.00. The molecule has 1 unspecified atom stereocenters. The van der Waals surface area contributed by atoms with Gasteiger partial charge in [-0.15, -0.1) is 12.4 Å². The fourth-order valence-electron chi connectivity index (χ4n) is 1.77. The van der Waals surface area contributed by atoms with Crippen molar-refractivity contribution in [1.29, 1.82) is 0 Å². The maximum absolute atomic E-state index is 10.9. The number of halogens is 1. The van der Waals surface area contributed by atoms with E-state index >= 15 is 0 Å². The standard InChI is InChI=1S/C7H14N2O2S.ClH/c10-12(11)7(1-2-7)9-5-3-8-4-6-9;/h8H,1-6H2,(H,10,11);1H/p-1. The zero-order valence-electron chi connectivity index (χ0n) is 7.32. The van der Waals surface area contributed by atoms with Gasteiger partial charge in [-0.25, -0.2) is 0 Å². The fourth-order valence-corrected chi connectivity index (χ4v) is 2.60. The van der Waals surface area contributed by atoms with Crippen LogP contribution < -0.4 is 5.32 Å². The van der Waals surface area contributed by atoms with Gasteiger partial charge >= 0.3 is 0 Å². The topological polar surface area (TPSA) is 55.4 Å². The molecule has 2 fully saturated rings. The van der Waals surface area contributed by atoms with Crippen molar-refractivity contribution < 1.29 is 8.76 Å². The van der Waals surface area contributed by atoms with Gasteiger partial charge in [-0.1, -0.05) is 0 Å². The van der Waals surface area contributed by atoms with Gasteiger partial charge in [0.25, 0.3) is 0 Å². The number of hydrogen-bond donors (Lipinski definition) is 1. The van der Waals surface area contributed by atoms with Crippen LogP contribution >= 0.6 is 12.4 Å². The number of nitrogens with zero attached hydrogens (tertiary/aromatic N) is 1. The van der Waals surface area contributed by atoms with Crippen LogP contribution in [0.3, 0.4) is 0 Å². The summed E-state index contributed by atoms with van der Waals surface area (Å²) in [7, 11) is 0. The maximum atomic E-state index is 10.9. The van der Waals surface area contributed by atoms with Gasteiger partial charge in [-0.2, -0.15) is 0 Å². The molecule has 0 aromatic heterocycles. The first-order valence-corrected chi connectivity index (χ1v) is 5.38. The summed E-state index contributed by atoms with van der Waals surface area (Å²) in [6.07, 6.45) is 1.65. The van der Waals surface area contributed by atoms with E-state index < -0.39 is 16.0 Å². The van der Waals surface area contributed by atoms with Crippen LogP contribution in [0.15, 0.2) is 0 Å². The van der Waals surface area contributed by atoms with Crippen molar-refractivity contribution in [1.82, 2.24) is 10.2 Å². The molecule has 13 heavy (non-hydrogen) atoms. The molecule has 1 aliphatic carbocycles. The van der Waals surface area contributed by atoms with Crippen LogP contribution in [-0.4, -0.2) is 44.7 Å². The monoisotopic (exact) mass is 225 g/mol. The average molecular weight is 226 g/mol. The van der Waals surface area contributed by atoms with E-state index in [1.807, 2.05) is 0 Å². The Bertz CT molecular complexity index is 205. The summed E-state index contributed by atoms with van der Waals surface area (Å²) >= 11 is -1.91. The molecule has 1 heterocycles. The zero-order chi connectivity index (χ0) is 8.60. The molecule has 78 valence electrons. The summed E-state index contributed by atoms with van der Waals surface area (Å²) in [6, 6.07) is 0. The molecular weight excluding hydrogens is 212 g/mol. The van der Waals surface area contributed by atoms with E-state index in [0.717, 1.165) is 39.0 Å². The average Bonchev–Trinajstić information content (AvgIpc) is 2.86. The Kier molecular flexibility index (Phi) is 3.71. The van der Waals surface area contributed by atoms with Gasteiger partial charge in [-0.3, -0.25) is 9.11 Å². The number of nitrogens with one attached hydrogen (secondary N) is 1. The lowest BCUT2D eigenvalue weighted by Gasteiger charge is -2.36. The summed E-state index contributed by atoms with van der Waals surface area (Å²) in [4.78, 5) is 1.62. The van der Waals surface area contributed by atoms with E-state index in [4.69, 9.17) is 0 Å². The third kappa shape index (κ3) is 2.05. The molecule has 1 saturated heterocycles. The van der Waals surface area contributed by atoms with Crippen molar-refractivity contribution in [2.75, 3.05) is 26.2 Å². The van der Waals surface area contributed by atoms with E-state index in [1.54, 1.807) is 0 Å². The summed E-state index contributed by atoms with van der Waals surface area (Å²) < 4.78 is 21.8. The van der Waals surface area contributed by atoms with E-state index in [9.17, 15) is 8.76 Å². The van der Waals surface area contributed by atoms with Gasteiger partial charge in [0.1, 0.15) is 0 Å². The third-order valence-electron chi connectivity index (χ3n) is 2.68. The molecule has 0 bridgehead atoms. The van der Waals surface area contributed by atoms with Gasteiger partial charge in [0.05, 0.1) is 4.87 Å². The molecule has 1 aliphatic heterocycles. The predicted octanol–water partition coefficient (Wildman–Crippen LogP) is -0.317. The second-order valence-corrected chi connectivity index (χ2v) is 4.65. The van der Waals surface area contributed by atoms with Gasteiger partial charge < -0.3 is 9.87 Å². The van der Waals surface area contributed by atoms with E-state index in [-0.39, 0.29) is 12.4 Å².